The second-order valence-electron chi connectivity index (χ2n) is 6.56. The van der Waals surface area contributed by atoms with Gasteiger partial charge in [-0.05, 0) is 59.4 Å². The summed E-state index contributed by atoms with van der Waals surface area (Å²) >= 11 is 9.11. The van der Waals surface area contributed by atoms with Gasteiger partial charge in [-0.2, -0.15) is 0 Å². The van der Waals surface area contributed by atoms with Crippen molar-refractivity contribution >= 4 is 39.2 Å². The number of benzene rings is 1. The third-order valence-corrected chi connectivity index (χ3v) is 5.76. The van der Waals surface area contributed by atoms with Crippen LogP contribution in [0, 0.1) is 0 Å². The van der Waals surface area contributed by atoms with Crippen molar-refractivity contribution in [1.82, 2.24) is 4.90 Å². The number of esters is 1. The Morgan fingerprint density at radius 2 is 2.08 bits per heavy atom. The van der Waals surface area contributed by atoms with Crippen molar-refractivity contribution in [2.24, 2.45) is 0 Å². The number of hydrogen-bond acceptors (Lipinski definition) is 4. The van der Waals surface area contributed by atoms with E-state index in [0.717, 1.165) is 23.1 Å². The van der Waals surface area contributed by atoms with Crippen LogP contribution in [0.25, 0.3) is 0 Å². The van der Waals surface area contributed by atoms with Gasteiger partial charge in [0.1, 0.15) is 0 Å². The van der Waals surface area contributed by atoms with Crippen LogP contribution in [-0.2, 0) is 11.3 Å². The van der Waals surface area contributed by atoms with Gasteiger partial charge in [0.15, 0.2) is 0 Å². The van der Waals surface area contributed by atoms with Crippen molar-refractivity contribution in [3.8, 4) is 0 Å². The van der Waals surface area contributed by atoms with E-state index in [9.17, 15) is 4.79 Å². The molecule has 1 aromatic carbocycles. The van der Waals surface area contributed by atoms with Gasteiger partial charge >= 0.3 is 5.97 Å². The number of carbonyl (C=O) groups is 1. The van der Waals surface area contributed by atoms with Crippen molar-refractivity contribution in [3.63, 3.8) is 0 Å². The third-order valence-electron chi connectivity index (χ3n) is 4.83. The molecule has 1 aliphatic carbocycles. The molecule has 0 amide bonds. The van der Waals surface area contributed by atoms with Crippen molar-refractivity contribution < 1.29 is 9.53 Å². The van der Waals surface area contributed by atoms with Crippen LogP contribution in [0.1, 0.15) is 61.4 Å². The summed E-state index contributed by atoms with van der Waals surface area (Å²) in [5.41, 5.74) is 8.47. The number of hydrogen-bond donors (Lipinski definition) is 1. The minimum Gasteiger partial charge on any atom is -0.462 e. The predicted octanol–water partition coefficient (Wildman–Crippen LogP) is 4.97. The fourth-order valence-electron chi connectivity index (χ4n) is 3.39. The van der Waals surface area contributed by atoms with Crippen molar-refractivity contribution in [3.05, 3.63) is 27.7 Å². The fraction of sp³-hybridized carbons (Fsp3) is 0.632. The molecule has 1 aliphatic rings. The minimum absolute atomic E-state index is 0.326. The molecule has 0 aliphatic heterocycles. The van der Waals surface area contributed by atoms with Gasteiger partial charge in [0.25, 0.3) is 0 Å². The van der Waals surface area contributed by atoms with E-state index < -0.39 is 0 Å². The Labute approximate surface area is 164 Å². The molecule has 0 bridgehead atoms. The number of halogens is 2. The van der Waals surface area contributed by atoms with Gasteiger partial charge in [0.05, 0.1) is 17.9 Å². The van der Waals surface area contributed by atoms with Crippen LogP contribution < -0.4 is 5.73 Å². The summed E-state index contributed by atoms with van der Waals surface area (Å²) in [6.45, 7) is 4.26. The average Bonchev–Trinajstić information content (AvgIpc) is 2.63. The lowest BCUT2D eigenvalue weighted by molar-refractivity contribution is 0.0505. The molecule has 4 nitrogen and oxygen atoms in total. The van der Waals surface area contributed by atoms with E-state index in [-0.39, 0.29) is 5.97 Å². The maximum absolute atomic E-state index is 12.3. The monoisotopic (exact) mass is 430 g/mol. The topological polar surface area (TPSA) is 55.6 Å². The molecule has 2 N–H and O–H groups in total. The molecule has 25 heavy (non-hydrogen) atoms. The molecule has 0 heterocycles. The molecule has 0 atom stereocenters. The standard InChI is InChI=1S/C19H28BrClN2O2/c1-2-23(16-7-4-3-5-8-16)13-15-11-14(12-17(20)18(15)22)19(24)25-10-6-9-21/h11-12,16H,2-10,13,22H2,1H3. The lowest BCUT2D eigenvalue weighted by Gasteiger charge is -2.34. The lowest BCUT2D eigenvalue weighted by atomic mass is 9.93. The fourth-order valence-corrected chi connectivity index (χ4v) is 4.00. The zero-order chi connectivity index (χ0) is 18.2. The summed E-state index contributed by atoms with van der Waals surface area (Å²) in [5, 5.41) is 0. The van der Waals surface area contributed by atoms with Gasteiger partial charge in [-0.25, -0.2) is 4.79 Å². The highest BCUT2D eigenvalue weighted by Crippen LogP contribution is 2.29. The van der Waals surface area contributed by atoms with Gasteiger partial charge < -0.3 is 10.5 Å². The molecule has 0 radical (unpaired) electrons. The van der Waals surface area contributed by atoms with E-state index in [1.807, 2.05) is 6.07 Å². The second-order valence-corrected chi connectivity index (χ2v) is 7.80. The molecular formula is C19H28BrClN2O2. The molecule has 0 aromatic heterocycles. The van der Waals surface area contributed by atoms with Crippen LogP contribution in [0.4, 0.5) is 5.69 Å². The number of nitrogen functional groups attached to an aromatic ring is 1. The number of nitrogens with zero attached hydrogens (tertiary/aromatic N) is 1. The molecule has 2 rings (SSSR count). The van der Waals surface area contributed by atoms with Crippen LogP contribution in [0.2, 0.25) is 0 Å². The van der Waals surface area contributed by atoms with Crippen molar-refractivity contribution in [2.75, 3.05) is 24.8 Å². The number of nitrogens with two attached hydrogens (primary N) is 1. The van der Waals surface area contributed by atoms with Crippen LogP contribution in [-0.4, -0.2) is 35.9 Å². The van der Waals surface area contributed by atoms with Crippen LogP contribution in [0.15, 0.2) is 16.6 Å². The number of ether oxygens (including phenoxy) is 1. The van der Waals surface area contributed by atoms with Gasteiger partial charge in [-0.1, -0.05) is 26.2 Å². The Hall–Kier alpha value is -0.780. The van der Waals surface area contributed by atoms with Gasteiger partial charge in [0, 0.05) is 22.9 Å². The van der Waals surface area contributed by atoms with Crippen molar-refractivity contribution in [2.45, 2.75) is 58.0 Å². The maximum Gasteiger partial charge on any atom is 0.338 e. The quantitative estimate of drug-likeness (QED) is 0.273. The first-order valence-corrected chi connectivity index (χ1v) is 10.4. The highest BCUT2D eigenvalue weighted by Gasteiger charge is 2.22. The molecule has 0 saturated heterocycles. The van der Waals surface area contributed by atoms with E-state index >= 15 is 0 Å². The first-order valence-electron chi connectivity index (χ1n) is 9.11. The first kappa shape index (κ1) is 20.5. The molecule has 1 fully saturated rings. The predicted molar refractivity (Wildman–Crippen MR) is 107 cm³/mol. The molecule has 6 heteroatoms. The Bertz CT molecular complexity index is 577. The van der Waals surface area contributed by atoms with Gasteiger partial charge in [-0.15, -0.1) is 11.6 Å². The molecule has 0 unspecified atom stereocenters. The van der Waals surface area contributed by atoms with E-state index in [4.69, 9.17) is 22.1 Å². The van der Waals surface area contributed by atoms with Crippen LogP contribution >= 0.6 is 27.5 Å². The normalized spacial score (nSPS) is 15.5. The Kier molecular flexibility index (Phi) is 8.53. The molecular weight excluding hydrogens is 404 g/mol. The Balaban J connectivity index is 2.13. The number of alkyl halides is 1. The summed E-state index contributed by atoms with van der Waals surface area (Å²) < 4.78 is 6.01. The largest absolute Gasteiger partial charge is 0.462 e. The van der Waals surface area contributed by atoms with Crippen LogP contribution in [0.3, 0.4) is 0 Å². The average molecular weight is 432 g/mol. The van der Waals surface area contributed by atoms with E-state index in [0.29, 0.717) is 36.2 Å². The van der Waals surface area contributed by atoms with E-state index in [2.05, 4.69) is 27.8 Å². The van der Waals surface area contributed by atoms with Gasteiger partial charge in [-0.3, -0.25) is 4.90 Å². The summed E-state index contributed by atoms with van der Waals surface area (Å²) in [5.74, 6) is 0.157. The zero-order valence-corrected chi connectivity index (χ0v) is 17.2. The highest BCUT2D eigenvalue weighted by molar-refractivity contribution is 9.10. The second kappa shape index (κ2) is 10.4. The summed E-state index contributed by atoms with van der Waals surface area (Å²) in [7, 11) is 0. The first-order chi connectivity index (χ1) is 12.1. The van der Waals surface area contributed by atoms with E-state index in [1.165, 1.54) is 32.1 Å². The third kappa shape index (κ3) is 5.87. The summed E-state index contributed by atoms with van der Waals surface area (Å²) in [6.07, 6.45) is 7.08. The molecule has 1 aromatic rings. The molecule has 140 valence electrons. The smallest absolute Gasteiger partial charge is 0.338 e. The number of rotatable bonds is 8. The van der Waals surface area contributed by atoms with Gasteiger partial charge in [0.2, 0.25) is 0 Å². The zero-order valence-electron chi connectivity index (χ0n) is 14.9. The van der Waals surface area contributed by atoms with Crippen molar-refractivity contribution in [1.29, 1.82) is 0 Å². The SMILES string of the molecule is CCN(Cc1cc(C(=O)OCCCCl)cc(Br)c1N)C1CCCCC1. The Morgan fingerprint density at radius 1 is 1.36 bits per heavy atom. The number of carbonyl (C=O) groups excluding carboxylic acids is 1. The minimum atomic E-state index is -0.326. The Morgan fingerprint density at radius 3 is 2.72 bits per heavy atom. The van der Waals surface area contributed by atoms with E-state index in [1.54, 1.807) is 6.07 Å². The maximum atomic E-state index is 12.3. The lowest BCUT2D eigenvalue weighted by Crippen LogP contribution is -2.36. The highest BCUT2D eigenvalue weighted by atomic mass is 79.9. The summed E-state index contributed by atoms with van der Waals surface area (Å²) in [6, 6.07) is 4.21. The molecule has 0 spiro atoms. The van der Waals surface area contributed by atoms with Crippen LogP contribution in [0.5, 0.6) is 0 Å². The summed E-state index contributed by atoms with van der Waals surface area (Å²) in [4.78, 5) is 14.7. The number of anilines is 1. The molecule has 1 saturated carbocycles.